The highest BCUT2D eigenvalue weighted by Gasteiger charge is 2.02. The normalized spacial score (nSPS) is 13.9. The van der Waals surface area contributed by atoms with Gasteiger partial charge in [-0.3, -0.25) is 0 Å². The molecule has 0 saturated heterocycles. The fourth-order valence-electron chi connectivity index (χ4n) is 2.03. The fraction of sp³-hybridized carbons (Fsp3) is 0.0588. The van der Waals surface area contributed by atoms with Crippen LogP contribution in [-0.4, -0.2) is 0 Å². The third kappa shape index (κ3) is 3.22. The molecule has 98 valence electrons. The van der Waals surface area contributed by atoms with Crippen molar-refractivity contribution in [3.05, 3.63) is 75.9 Å². The third-order valence-electron chi connectivity index (χ3n) is 3.12. The van der Waals surface area contributed by atoms with E-state index in [1.54, 1.807) is 0 Å². The maximum absolute atomic E-state index is 4.26. The maximum atomic E-state index is 4.26. The SMILES string of the molecule is Ic1ccc(N=Nc2ccc(C3=CC=CC3)cc2)cc1. The van der Waals surface area contributed by atoms with E-state index in [4.69, 9.17) is 0 Å². The summed E-state index contributed by atoms with van der Waals surface area (Å²) < 4.78 is 1.20. The van der Waals surface area contributed by atoms with Crippen molar-refractivity contribution in [1.29, 1.82) is 0 Å². The Morgan fingerprint density at radius 1 is 0.800 bits per heavy atom. The van der Waals surface area contributed by atoms with Crippen molar-refractivity contribution < 1.29 is 0 Å². The number of nitrogens with zero attached hydrogens (tertiary/aromatic N) is 2. The van der Waals surface area contributed by atoms with Crippen molar-refractivity contribution in [2.75, 3.05) is 0 Å². The van der Waals surface area contributed by atoms with Crippen LogP contribution in [0.15, 0.2) is 77.0 Å². The van der Waals surface area contributed by atoms with Crippen molar-refractivity contribution in [2.45, 2.75) is 6.42 Å². The highest BCUT2D eigenvalue weighted by atomic mass is 127. The Labute approximate surface area is 132 Å². The minimum atomic E-state index is 0.872. The van der Waals surface area contributed by atoms with Gasteiger partial charge in [-0.1, -0.05) is 30.4 Å². The second-order valence-electron chi connectivity index (χ2n) is 4.55. The number of hydrogen-bond acceptors (Lipinski definition) is 2. The molecule has 0 radical (unpaired) electrons. The second kappa shape index (κ2) is 6.13. The Hall–Kier alpha value is -1.75. The highest BCUT2D eigenvalue weighted by Crippen LogP contribution is 2.26. The zero-order valence-electron chi connectivity index (χ0n) is 10.8. The number of rotatable bonds is 3. The zero-order chi connectivity index (χ0) is 13.8. The zero-order valence-corrected chi connectivity index (χ0v) is 13.0. The summed E-state index contributed by atoms with van der Waals surface area (Å²) in [6.45, 7) is 0. The molecule has 1 aliphatic carbocycles. The van der Waals surface area contributed by atoms with Crippen LogP contribution in [0.25, 0.3) is 5.57 Å². The summed E-state index contributed by atoms with van der Waals surface area (Å²) in [5.41, 5.74) is 4.35. The molecule has 2 aromatic carbocycles. The molecule has 0 unspecified atom stereocenters. The average Bonchev–Trinajstić information content (AvgIpc) is 3.01. The van der Waals surface area contributed by atoms with Gasteiger partial charge >= 0.3 is 0 Å². The summed E-state index contributed by atoms with van der Waals surface area (Å²) in [6, 6.07) is 16.2. The Morgan fingerprint density at radius 2 is 1.40 bits per heavy atom. The van der Waals surface area contributed by atoms with E-state index in [9.17, 15) is 0 Å². The molecular weight excluding hydrogens is 359 g/mol. The molecule has 0 bridgehead atoms. The number of halogens is 1. The minimum absolute atomic E-state index is 0.872. The summed E-state index contributed by atoms with van der Waals surface area (Å²) in [7, 11) is 0. The largest absolute Gasteiger partial charge is 0.151 e. The van der Waals surface area contributed by atoms with Gasteiger partial charge in [0.05, 0.1) is 11.4 Å². The van der Waals surface area contributed by atoms with Crippen LogP contribution in [0.3, 0.4) is 0 Å². The summed E-state index contributed by atoms with van der Waals surface area (Å²) >= 11 is 2.28. The van der Waals surface area contributed by atoms with E-state index in [0.29, 0.717) is 0 Å². The van der Waals surface area contributed by atoms with E-state index >= 15 is 0 Å². The van der Waals surface area contributed by atoms with Crippen LogP contribution >= 0.6 is 22.6 Å². The Kier molecular flexibility index (Phi) is 4.06. The maximum Gasteiger partial charge on any atom is 0.0857 e. The molecule has 2 nitrogen and oxygen atoms in total. The molecule has 0 fully saturated rings. The number of azo groups is 1. The van der Waals surface area contributed by atoms with Gasteiger partial charge in [-0.05, 0) is 76.5 Å². The van der Waals surface area contributed by atoms with E-state index in [0.717, 1.165) is 17.8 Å². The number of benzene rings is 2. The van der Waals surface area contributed by atoms with Crippen LogP contribution in [-0.2, 0) is 0 Å². The molecule has 0 saturated carbocycles. The molecular formula is C17H13IN2. The van der Waals surface area contributed by atoms with Gasteiger partial charge < -0.3 is 0 Å². The van der Waals surface area contributed by atoms with Crippen molar-refractivity contribution in [3.8, 4) is 0 Å². The van der Waals surface area contributed by atoms with E-state index in [2.05, 4.69) is 63.2 Å². The molecule has 3 heteroatoms. The molecule has 1 aliphatic rings. The lowest BCUT2D eigenvalue weighted by Crippen LogP contribution is -1.79. The molecule has 0 spiro atoms. The second-order valence-corrected chi connectivity index (χ2v) is 5.79. The van der Waals surface area contributed by atoms with Crippen LogP contribution in [0.5, 0.6) is 0 Å². The molecule has 3 rings (SSSR count). The lowest BCUT2D eigenvalue weighted by atomic mass is 10.1. The molecule has 20 heavy (non-hydrogen) atoms. The quantitative estimate of drug-likeness (QED) is 0.463. The lowest BCUT2D eigenvalue weighted by Gasteiger charge is -2.01. The molecule has 2 aromatic rings. The van der Waals surface area contributed by atoms with Crippen molar-refractivity contribution in [2.24, 2.45) is 10.2 Å². The van der Waals surface area contributed by atoms with Crippen molar-refractivity contribution >= 4 is 39.5 Å². The summed E-state index contributed by atoms with van der Waals surface area (Å²) in [5, 5.41) is 8.50. The van der Waals surface area contributed by atoms with Gasteiger partial charge in [0.25, 0.3) is 0 Å². The topological polar surface area (TPSA) is 24.7 Å². The molecule has 0 N–H and O–H groups in total. The Morgan fingerprint density at radius 3 is 1.95 bits per heavy atom. The van der Waals surface area contributed by atoms with Crippen LogP contribution in [0, 0.1) is 3.57 Å². The molecule has 0 heterocycles. The molecule has 0 amide bonds. The van der Waals surface area contributed by atoms with E-state index < -0.39 is 0 Å². The monoisotopic (exact) mass is 372 g/mol. The summed E-state index contributed by atoms with van der Waals surface area (Å²) in [4.78, 5) is 0. The molecule has 0 atom stereocenters. The van der Waals surface area contributed by atoms with Crippen LogP contribution in [0.1, 0.15) is 12.0 Å². The van der Waals surface area contributed by atoms with E-state index in [-0.39, 0.29) is 0 Å². The average molecular weight is 372 g/mol. The van der Waals surface area contributed by atoms with Crippen LogP contribution < -0.4 is 0 Å². The van der Waals surface area contributed by atoms with Crippen LogP contribution in [0.2, 0.25) is 0 Å². The number of hydrogen-bond donors (Lipinski definition) is 0. The first kappa shape index (κ1) is 13.2. The van der Waals surface area contributed by atoms with Gasteiger partial charge in [0.2, 0.25) is 0 Å². The smallest absolute Gasteiger partial charge is 0.0857 e. The summed E-state index contributed by atoms with van der Waals surface area (Å²) in [5.74, 6) is 0. The standard InChI is InChI=1S/C17H13IN2/c18-15-7-11-17(12-8-15)20-19-16-9-5-14(6-10-16)13-3-1-2-4-13/h1-3,5-12H,4H2. The van der Waals surface area contributed by atoms with Gasteiger partial charge in [-0.15, -0.1) is 0 Å². The van der Waals surface area contributed by atoms with Crippen molar-refractivity contribution in [1.82, 2.24) is 0 Å². The first-order valence-electron chi connectivity index (χ1n) is 6.45. The number of allylic oxidation sites excluding steroid dienone is 4. The van der Waals surface area contributed by atoms with Gasteiger partial charge in [0.15, 0.2) is 0 Å². The minimum Gasteiger partial charge on any atom is -0.151 e. The van der Waals surface area contributed by atoms with Gasteiger partial charge in [0.1, 0.15) is 0 Å². The predicted octanol–water partition coefficient (Wildman–Crippen LogP) is 6.05. The lowest BCUT2D eigenvalue weighted by molar-refractivity contribution is 1.23. The fourth-order valence-corrected chi connectivity index (χ4v) is 2.39. The van der Waals surface area contributed by atoms with Crippen molar-refractivity contribution in [3.63, 3.8) is 0 Å². The predicted molar refractivity (Wildman–Crippen MR) is 91.5 cm³/mol. The Balaban J connectivity index is 1.73. The van der Waals surface area contributed by atoms with E-state index in [1.165, 1.54) is 14.7 Å². The first-order valence-corrected chi connectivity index (χ1v) is 7.52. The van der Waals surface area contributed by atoms with Gasteiger partial charge in [-0.2, -0.15) is 10.2 Å². The molecule has 0 aliphatic heterocycles. The van der Waals surface area contributed by atoms with Crippen LogP contribution in [0.4, 0.5) is 11.4 Å². The molecule has 0 aromatic heterocycles. The summed E-state index contributed by atoms with van der Waals surface area (Å²) in [6.07, 6.45) is 7.44. The van der Waals surface area contributed by atoms with Gasteiger partial charge in [0, 0.05) is 3.57 Å². The highest BCUT2D eigenvalue weighted by molar-refractivity contribution is 14.1. The Bertz CT molecular complexity index is 680. The van der Waals surface area contributed by atoms with Gasteiger partial charge in [-0.25, -0.2) is 0 Å². The van der Waals surface area contributed by atoms with E-state index in [1.807, 2.05) is 36.4 Å². The third-order valence-corrected chi connectivity index (χ3v) is 3.84. The first-order chi connectivity index (χ1) is 9.81.